The maximum Gasteiger partial charge on any atom is 0.218 e. The van der Waals surface area contributed by atoms with Crippen LogP contribution >= 0.6 is 11.3 Å². The Morgan fingerprint density at radius 2 is 1.66 bits per heavy atom. The number of hydrogen-bond donors (Lipinski definition) is 0. The van der Waals surface area contributed by atoms with E-state index in [9.17, 15) is 12.8 Å². The first-order valence-corrected chi connectivity index (χ1v) is 12.7. The summed E-state index contributed by atoms with van der Waals surface area (Å²) in [5.41, 5.74) is 2.65. The van der Waals surface area contributed by atoms with Gasteiger partial charge in [-0.2, -0.15) is 4.31 Å². The van der Waals surface area contributed by atoms with E-state index in [1.165, 1.54) is 23.5 Å². The Labute approximate surface area is 190 Å². The minimum atomic E-state index is -3.39. The molecule has 5 rings (SSSR count). The summed E-state index contributed by atoms with van der Waals surface area (Å²) in [6.07, 6.45) is 1.54. The molecule has 2 aromatic heterocycles. The van der Waals surface area contributed by atoms with Crippen LogP contribution in [0.15, 0.2) is 66.3 Å². The second kappa shape index (κ2) is 8.57. The molecule has 0 aliphatic carbocycles. The second-order valence-electron chi connectivity index (χ2n) is 7.66. The number of aromatic nitrogens is 2. The molecular weight excluding hydrogens is 447 g/mol. The number of rotatable bonds is 5. The molecule has 0 atom stereocenters. The molecule has 1 fully saturated rings. The van der Waals surface area contributed by atoms with Crippen LogP contribution in [0.2, 0.25) is 0 Å². The molecule has 0 amide bonds. The molecule has 32 heavy (non-hydrogen) atoms. The average Bonchev–Trinajstić information content (AvgIpc) is 3.24. The largest absolute Gasteiger partial charge is 0.353 e. The zero-order valence-corrected chi connectivity index (χ0v) is 18.8. The highest BCUT2D eigenvalue weighted by molar-refractivity contribution is 7.88. The molecule has 3 heterocycles. The third-order valence-electron chi connectivity index (χ3n) is 5.63. The van der Waals surface area contributed by atoms with Crippen molar-refractivity contribution in [2.75, 3.05) is 31.1 Å². The van der Waals surface area contributed by atoms with E-state index in [2.05, 4.69) is 14.9 Å². The van der Waals surface area contributed by atoms with Gasteiger partial charge < -0.3 is 4.90 Å². The number of benzene rings is 2. The average molecular weight is 469 g/mol. The van der Waals surface area contributed by atoms with E-state index in [-0.39, 0.29) is 11.6 Å². The fourth-order valence-corrected chi connectivity index (χ4v) is 6.42. The van der Waals surface area contributed by atoms with Crippen LogP contribution in [0.25, 0.3) is 21.3 Å². The number of halogens is 1. The number of fused-ring (bicyclic) bond motifs is 1. The molecule has 0 unspecified atom stereocenters. The van der Waals surface area contributed by atoms with E-state index in [1.54, 1.807) is 22.8 Å². The van der Waals surface area contributed by atoms with Gasteiger partial charge in [-0.1, -0.05) is 42.5 Å². The van der Waals surface area contributed by atoms with E-state index in [1.807, 2.05) is 35.7 Å². The molecule has 2 aromatic carbocycles. The molecule has 6 nitrogen and oxygen atoms in total. The van der Waals surface area contributed by atoms with Crippen LogP contribution in [0.1, 0.15) is 5.56 Å². The Hall–Kier alpha value is -2.88. The van der Waals surface area contributed by atoms with Gasteiger partial charge in [0.25, 0.3) is 0 Å². The van der Waals surface area contributed by atoms with Crippen molar-refractivity contribution < 1.29 is 12.8 Å². The molecule has 0 N–H and O–H groups in total. The smallest absolute Gasteiger partial charge is 0.218 e. The van der Waals surface area contributed by atoms with Crippen molar-refractivity contribution in [1.29, 1.82) is 0 Å². The maximum atomic E-state index is 13.4. The molecule has 9 heteroatoms. The van der Waals surface area contributed by atoms with Crippen LogP contribution in [0.4, 0.5) is 10.2 Å². The van der Waals surface area contributed by atoms with Crippen molar-refractivity contribution in [2.45, 2.75) is 5.75 Å². The molecule has 1 saturated heterocycles. The molecule has 1 aliphatic rings. The molecular formula is C23H21FN4O2S2. The van der Waals surface area contributed by atoms with Gasteiger partial charge >= 0.3 is 0 Å². The van der Waals surface area contributed by atoms with Gasteiger partial charge in [-0.05, 0) is 23.3 Å². The Balaban J connectivity index is 1.38. The number of piperazine rings is 1. The minimum absolute atomic E-state index is 0.00480. The summed E-state index contributed by atoms with van der Waals surface area (Å²) >= 11 is 1.52. The van der Waals surface area contributed by atoms with Crippen LogP contribution < -0.4 is 4.90 Å². The van der Waals surface area contributed by atoms with Crippen LogP contribution in [-0.2, 0) is 15.8 Å². The number of nitrogens with zero attached hydrogens (tertiary/aromatic N) is 4. The lowest BCUT2D eigenvalue weighted by Crippen LogP contribution is -2.49. The molecule has 0 bridgehead atoms. The summed E-state index contributed by atoms with van der Waals surface area (Å²) in [4.78, 5) is 11.9. The monoisotopic (exact) mass is 468 g/mol. The quantitative estimate of drug-likeness (QED) is 0.440. The summed E-state index contributed by atoms with van der Waals surface area (Å²) in [6.45, 7) is 1.88. The lowest BCUT2D eigenvalue weighted by Gasteiger charge is -2.35. The standard InChI is InChI=1S/C23H21FN4O2S2/c24-19-8-6-18(7-9-19)20-14-31-23-21(20)22(25-16-26-23)27-10-12-28(13-11-27)32(29,30)15-17-4-2-1-3-5-17/h1-9,14,16H,10-13,15H2. The van der Waals surface area contributed by atoms with E-state index in [0.717, 1.165) is 32.7 Å². The molecule has 0 spiro atoms. The number of thiophene rings is 1. The van der Waals surface area contributed by atoms with Crippen LogP contribution in [0.5, 0.6) is 0 Å². The first kappa shape index (κ1) is 21.0. The summed E-state index contributed by atoms with van der Waals surface area (Å²) in [7, 11) is -3.39. The lowest BCUT2D eigenvalue weighted by molar-refractivity contribution is 0.383. The summed E-state index contributed by atoms with van der Waals surface area (Å²) < 4.78 is 40.7. The first-order chi connectivity index (χ1) is 15.5. The van der Waals surface area contributed by atoms with Gasteiger partial charge in [0.15, 0.2) is 0 Å². The lowest BCUT2D eigenvalue weighted by atomic mass is 10.1. The molecule has 1 aliphatic heterocycles. The van der Waals surface area contributed by atoms with Crippen LogP contribution in [-0.4, -0.2) is 48.9 Å². The van der Waals surface area contributed by atoms with Gasteiger partial charge in [-0.3, -0.25) is 0 Å². The SMILES string of the molecule is O=S(=O)(Cc1ccccc1)N1CCN(c2ncnc3scc(-c4ccc(F)cc4)c23)CC1. The predicted octanol–water partition coefficient (Wildman–Crippen LogP) is 4.15. The van der Waals surface area contributed by atoms with E-state index in [0.29, 0.717) is 26.2 Å². The molecule has 4 aromatic rings. The van der Waals surface area contributed by atoms with Crippen molar-refractivity contribution in [1.82, 2.24) is 14.3 Å². The zero-order chi connectivity index (χ0) is 22.1. The summed E-state index contributed by atoms with van der Waals surface area (Å²) in [5.74, 6) is 0.512. The predicted molar refractivity (Wildman–Crippen MR) is 126 cm³/mol. The minimum Gasteiger partial charge on any atom is -0.353 e. The van der Waals surface area contributed by atoms with E-state index < -0.39 is 10.0 Å². The van der Waals surface area contributed by atoms with Gasteiger partial charge in [0.1, 0.15) is 22.8 Å². The highest BCUT2D eigenvalue weighted by Gasteiger charge is 2.29. The van der Waals surface area contributed by atoms with Crippen molar-refractivity contribution >= 4 is 37.4 Å². The maximum absolute atomic E-state index is 13.4. The number of sulfonamides is 1. The highest BCUT2D eigenvalue weighted by atomic mass is 32.2. The topological polar surface area (TPSA) is 66.4 Å². The Morgan fingerprint density at radius 1 is 0.938 bits per heavy atom. The molecule has 0 radical (unpaired) electrons. The Morgan fingerprint density at radius 3 is 2.38 bits per heavy atom. The van der Waals surface area contributed by atoms with E-state index >= 15 is 0 Å². The fraction of sp³-hybridized carbons (Fsp3) is 0.217. The highest BCUT2D eigenvalue weighted by Crippen LogP contribution is 2.38. The van der Waals surface area contributed by atoms with Gasteiger partial charge in [-0.25, -0.2) is 22.8 Å². The van der Waals surface area contributed by atoms with Crippen molar-refractivity contribution in [3.63, 3.8) is 0 Å². The van der Waals surface area contributed by atoms with E-state index in [4.69, 9.17) is 0 Å². The second-order valence-corrected chi connectivity index (χ2v) is 10.5. The van der Waals surface area contributed by atoms with Crippen molar-refractivity contribution in [2.24, 2.45) is 0 Å². The van der Waals surface area contributed by atoms with Crippen LogP contribution in [0.3, 0.4) is 0 Å². The third kappa shape index (κ3) is 4.11. The third-order valence-corrected chi connectivity index (χ3v) is 8.37. The molecule has 0 saturated carbocycles. The summed E-state index contributed by atoms with van der Waals surface area (Å²) in [5, 5.41) is 2.93. The normalized spacial score (nSPS) is 15.3. The van der Waals surface area contributed by atoms with Gasteiger partial charge in [-0.15, -0.1) is 11.3 Å². The van der Waals surface area contributed by atoms with Crippen molar-refractivity contribution in [3.05, 3.63) is 77.7 Å². The van der Waals surface area contributed by atoms with Gasteiger partial charge in [0.05, 0.1) is 11.1 Å². The molecule has 164 valence electrons. The van der Waals surface area contributed by atoms with Crippen molar-refractivity contribution in [3.8, 4) is 11.1 Å². The van der Waals surface area contributed by atoms with Crippen LogP contribution in [0, 0.1) is 5.82 Å². The Bertz CT molecular complexity index is 1330. The first-order valence-electron chi connectivity index (χ1n) is 10.3. The zero-order valence-electron chi connectivity index (χ0n) is 17.2. The number of hydrogen-bond acceptors (Lipinski definition) is 6. The van der Waals surface area contributed by atoms with Gasteiger partial charge in [0.2, 0.25) is 10.0 Å². The number of anilines is 1. The van der Waals surface area contributed by atoms with Gasteiger partial charge in [0, 0.05) is 37.1 Å². The Kier molecular flexibility index (Phi) is 5.62. The summed E-state index contributed by atoms with van der Waals surface area (Å²) in [6, 6.07) is 15.6. The fourth-order valence-electron chi connectivity index (χ4n) is 4.00.